The minimum Gasteiger partial charge on any atom is -0.433 e. The van der Waals surface area contributed by atoms with Crippen molar-refractivity contribution >= 4 is 41.1 Å². The molecule has 216 valence electrons. The van der Waals surface area contributed by atoms with E-state index in [1.54, 1.807) is 11.8 Å². The van der Waals surface area contributed by atoms with Gasteiger partial charge < -0.3 is 19.4 Å². The monoisotopic (exact) mass is 574 g/mol. The molecular weight excluding hydrogens is 534 g/mol. The summed E-state index contributed by atoms with van der Waals surface area (Å²) in [6, 6.07) is 16.6. The van der Waals surface area contributed by atoms with Gasteiger partial charge in [-0.25, -0.2) is 9.13 Å². The maximum atomic E-state index is 12.6. The second-order valence-corrected chi connectivity index (χ2v) is 12.4. The molecule has 9 heteroatoms. The first-order valence-electron chi connectivity index (χ1n) is 14.0. The van der Waals surface area contributed by atoms with Gasteiger partial charge in [-0.15, -0.1) is 0 Å². The van der Waals surface area contributed by atoms with Crippen molar-refractivity contribution in [2.45, 2.75) is 36.6 Å². The van der Waals surface area contributed by atoms with Crippen LogP contribution in [0.5, 0.6) is 0 Å². The van der Waals surface area contributed by atoms with Crippen LogP contribution in [0.15, 0.2) is 72.2 Å². The third kappa shape index (κ3) is 5.35. The van der Waals surface area contributed by atoms with Crippen LogP contribution in [0.1, 0.15) is 31.4 Å². The number of imidazole rings is 1. The third-order valence-electron chi connectivity index (χ3n) is 8.41. The van der Waals surface area contributed by atoms with Gasteiger partial charge in [0.25, 0.3) is 0 Å². The maximum Gasteiger partial charge on any atom is 0.328 e. The van der Waals surface area contributed by atoms with Crippen molar-refractivity contribution in [3.8, 4) is 0 Å². The van der Waals surface area contributed by atoms with Gasteiger partial charge in [0, 0.05) is 38.6 Å². The Morgan fingerprint density at radius 2 is 1.85 bits per heavy atom. The van der Waals surface area contributed by atoms with E-state index in [1.807, 2.05) is 65.8 Å². The van der Waals surface area contributed by atoms with E-state index in [1.165, 1.54) is 5.56 Å². The highest BCUT2D eigenvalue weighted by Gasteiger charge is 2.62. The number of ether oxygens (including phenoxy) is 1. The molecule has 0 spiro atoms. The number of nitrogens with zero attached hydrogens (tertiary/aromatic N) is 5. The summed E-state index contributed by atoms with van der Waals surface area (Å²) < 4.78 is 10.1. The van der Waals surface area contributed by atoms with Crippen molar-refractivity contribution in [2.75, 3.05) is 49.3 Å². The summed E-state index contributed by atoms with van der Waals surface area (Å²) in [7, 11) is 7.93. The number of aromatic nitrogens is 2. The second-order valence-electron chi connectivity index (χ2n) is 11.5. The third-order valence-corrected chi connectivity index (χ3v) is 9.64. The Kier molecular flexibility index (Phi) is 7.92. The van der Waals surface area contributed by atoms with E-state index in [0.29, 0.717) is 12.3 Å². The van der Waals surface area contributed by atoms with E-state index in [2.05, 4.69) is 73.2 Å². The van der Waals surface area contributed by atoms with Gasteiger partial charge >= 0.3 is 11.1 Å². The van der Waals surface area contributed by atoms with Gasteiger partial charge in [-0.3, -0.25) is 9.59 Å². The van der Waals surface area contributed by atoms with Gasteiger partial charge in [-0.2, -0.15) is 0 Å². The molecule has 3 aromatic rings. The highest BCUT2D eigenvalue weighted by atomic mass is 32.2. The van der Waals surface area contributed by atoms with Crippen LogP contribution in [0, 0.1) is 0 Å². The van der Waals surface area contributed by atoms with Crippen LogP contribution >= 0.6 is 11.8 Å². The molecule has 1 amide bonds. The average Bonchev–Trinajstić information content (AvgIpc) is 3.53. The molecule has 0 bridgehead atoms. The van der Waals surface area contributed by atoms with E-state index >= 15 is 0 Å². The predicted molar refractivity (Wildman–Crippen MR) is 164 cm³/mol. The number of esters is 1. The van der Waals surface area contributed by atoms with Crippen molar-refractivity contribution in [3.63, 3.8) is 0 Å². The SMILES string of the molecule is CN(CCCN(C)c1ccc(/C=C/C23OC(=O)CN2c2ccccc2C3(C)C)cc1)C(=O)CSc1n(C)cc[n+]1C. The number of fused-ring (bicyclic) bond motifs is 3. The van der Waals surface area contributed by atoms with Crippen LogP contribution in [0.4, 0.5) is 11.4 Å². The Bertz CT molecular complexity index is 1440. The van der Waals surface area contributed by atoms with Crippen molar-refractivity contribution in [1.82, 2.24) is 9.47 Å². The van der Waals surface area contributed by atoms with Gasteiger partial charge in [0.1, 0.15) is 18.9 Å². The zero-order valence-corrected chi connectivity index (χ0v) is 25.6. The van der Waals surface area contributed by atoms with Gasteiger partial charge in [0.15, 0.2) is 0 Å². The molecular formula is C32H40N5O3S+. The van der Waals surface area contributed by atoms with E-state index < -0.39 is 5.72 Å². The van der Waals surface area contributed by atoms with Crippen LogP contribution < -0.4 is 14.4 Å². The van der Waals surface area contributed by atoms with Crippen molar-refractivity contribution in [3.05, 3.63) is 78.1 Å². The molecule has 1 atom stereocenters. The lowest BCUT2D eigenvalue weighted by molar-refractivity contribution is -0.709. The summed E-state index contributed by atoms with van der Waals surface area (Å²) in [5.74, 6) is 0.356. The minimum atomic E-state index is -0.844. The number of amides is 1. The zero-order chi connectivity index (χ0) is 29.4. The Morgan fingerprint density at radius 1 is 1.12 bits per heavy atom. The van der Waals surface area contributed by atoms with Crippen molar-refractivity contribution < 1.29 is 18.9 Å². The molecule has 2 aliphatic rings. The minimum absolute atomic E-state index is 0.134. The maximum absolute atomic E-state index is 12.6. The predicted octanol–water partition coefficient (Wildman–Crippen LogP) is 3.99. The lowest BCUT2D eigenvalue weighted by Crippen LogP contribution is -2.51. The van der Waals surface area contributed by atoms with Crippen LogP contribution in [0.3, 0.4) is 0 Å². The molecule has 0 radical (unpaired) electrons. The lowest BCUT2D eigenvalue weighted by atomic mass is 9.77. The normalized spacial score (nSPS) is 18.9. The fraction of sp³-hybridized carbons (Fsp3) is 0.406. The summed E-state index contributed by atoms with van der Waals surface area (Å²) in [4.78, 5) is 31.2. The van der Waals surface area contributed by atoms with Gasteiger partial charge in [0.05, 0.1) is 25.3 Å². The fourth-order valence-electron chi connectivity index (χ4n) is 5.86. The average molecular weight is 575 g/mol. The number of para-hydroxylation sites is 1. The summed E-state index contributed by atoms with van der Waals surface area (Å²) >= 11 is 1.56. The van der Waals surface area contributed by atoms with Gasteiger partial charge in [0.2, 0.25) is 11.6 Å². The first kappa shape index (κ1) is 28.8. The number of anilines is 2. The van der Waals surface area contributed by atoms with Gasteiger partial charge in [-0.05, 0) is 67.4 Å². The highest BCUT2D eigenvalue weighted by Crippen LogP contribution is 2.55. The Morgan fingerprint density at radius 3 is 2.56 bits per heavy atom. The topological polar surface area (TPSA) is 61.9 Å². The molecule has 1 fully saturated rings. The summed E-state index contributed by atoms with van der Waals surface area (Å²) in [6.45, 7) is 6.08. The Hall–Kier alpha value is -3.72. The number of hydrogen-bond donors (Lipinski definition) is 0. The van der Waals surface area contributed by atoms with E-state index in [-0.39, 0.29) is 23.8 Å². The molecule has 2 aliphatic heterocycles. The molecule has 1 unspecified atom stereocenters. The van der Waals surface area contributed by atoms with Crippen LogP contribution in [-0.2, 0) is 33.8 Å². The van der Waals surface area contributed by atoms with Crippen molar-refractivity contribution in [2.24, 2.45) is 14.1 Å². The summed E-state index contributed by atoms with van der Waals surface area (Å²) in [5, 5.41) is 1.06. The molecule has 2 aromatic carbocycles. The standard InChI is InChI=1S/C32H40N5O3S/c1-31(2)26-10-7-8-11-27(26)37-22-29(39)40-32(31,37)17-16-24-12-14-25(15-13-24)33(3)18-9-19-34(4)28(38)23-41-30-35(5)20-21-36(30)6/h7-8,10-17,20-21H,9,18-19,22-23H2,1-6H3/q+1/b17-16+. The molecule has 5 rings (SSSR count). The number of carbonyl (C=O) groups is 2. The quantitative estimate of drug-likeness (QED) is 0.207. The molecule has 41 heavy (non-hydrogen) atoms. The second kappa shape index (κ2) is 11.3. The smallest absolute Gasteiger partial charge is 0.328 e. The first-order valence-corrected chi connectivity index (χ1v) is 15.0. The van der Waals surface area contributed by atoms with Crippen molar-refractivity contribution in [1.29, 1.82) is 0 Å². The number of benzene rings is 2. The van der Waals surface area contributed by atoms with Crippen LogP contribution in [-0.4, -0.2) is 66.6 Å². The molecule has 0 saturated carbocycles. The number of hydrogen-bond acceptors (Lipinski definition) is 6. The van der Waals surface area contributed by atoms with Crippen LogP contribution in [0.2, 0.25) is 0 Å². The molecule has 3 heterocycles. The van der Waals surface area contributed by atoms with Crippen LogP contribution in [0.25, 0.3) is 6.08 Å². The highest BCUT2D eigenvalue weighted by molar-refractivity contribution is 7.99. The number of carbonyl (C=O) groups excluding carboxylic acids is 2. The summed E-state index contributed by atoms with van der Waals surface area (Å²) in [5.41, 5.74) is 3.17. The lowest BCUT2D eigenvalue weighted by Gasteiger charge is -2.38. The Labute approximate surface area is 247 Å². The fourth-order valence-corrected chi connectivity index (χ4v) is 6.87. The van der Waals surface area contributed by atoms with E-state index in [0.717, 1.165) is 35.1 Å². The number of thioether (sulfide) groups is 1. The van der Waals surface area contributed by atoms with E-state index in [9.17, 15) is 9.59 Å². The number of aryl methyl sites for hydroxylation is 2. The largest absolute Gasteiger partial charge is 0.433 e. The number of rotatable bonds is 10. The molecule has 1 saturated heterocycles. The molecule has 8 nitrogen and oxygen atoms in total. The van der Waals surface area contributed by atoms with Gasteiger partial charge in [-0.1, -0.05) is 36.4 Å². The molecule has 1 aromatic heterocycles. The van der Waals surface area contributed by atoms with E-state index in [4.69, 9.17) is 4.74 Å². The molecule has 0 aliphatic carbocycles. The molecule has 0 N–H and O–H groups in total. The zero-order valence-electron chi connectivity index (χ0n) is 24.8. The first-order chi connectivity index (χ1) is 19.5. The Balaban J connectivity index is 1.16. The summed E-state index contributed by atoms with van der Waals surface area (Å²) in [6.07, 6.45) is 8.95.